The molecule has 0 fully saturated rings. The maximum atomic E-state index is 11.3. The maximum absolute atomic E-state index is 11.3. The summed E-state index contributed by atoms with van der Waals surface area (Å²) < 4.78 is 10.1. The minimum atomic E-state index is -1.31. The number of hydrogen-bond acceptors (Lipinski definition) is 5. The summed E-state index contributed by atoms with van der Waals surface area (Å²) in [6.45, 7) is 5.26. The molecule has 0 bridgehead atoms. The molecular weight excluding hydrogens is 212 g/mol. The van der Waals surface area contributed by atoms with Crippen molar-refractivity contribution >= 4 is 5.97 Å². The Morgan fingerprint density at radius 2 is 2.12 bits per heavy atom. The van der Waals surface area contributed by atoms with Gasteiger partial charge < -0.3 is 19.7 Å². The summed E-state index contributed by atoms with van der Waals surface area (Å²) >= 11 is 0. The van der Waals surface area contributed by atoms with Crippen LogP contribution in [0.3, 0.4) is 0 Å². The fraction of sp³-hybridized carbons (Fsp3) is 0.364. The van der Waals surface area contributed by atoms with Crippen LogP contribution in [0.25, 0.3) is 0 Å². The third-order valence-corrected chi connectivity index (χ3v) is 2.53. The monoisotopic (exact) mass is 224 g/mol. The van der Waals surface area contributed by atoms with E-state index in [4.69, 9.17) is 9.47 Å². The second-order valence-electron chi connectivity index (χ2n) is 3.60. The van der Waals surface area contributed by atoms with Crippen LogP contribution in [0.5, 0.6) is 0 Å². The van der Waals surface area contributed by atoms with Crippen molar-refractivity contribution in [3.8, 4) is 0 Å². The SMILES string of the molecule is C=C1OC(=O)C2=C1O[C@H](/C=C/C)[C@H](O)[C@@H]2O. The zero-order chi connectivity index (χ0) is 11.9. The predicted molar refractivity (Wildman–Crippen MR) is 54.0 cm³/mol. The summed E-state index contributed by atoms with van der Waals surface area (Å²) in [7, 11) is 0. The Morgan fingerprint density at radius 3 is 2.75 bits per heavy atom. The molecule has 0 aliphatic carbocycles. The summed E-state index contributed by atoms with van der Waals surface area (Å²) in [5.41, 5.74) is -0.0572. The van der Waals surface area contributed by atoms with Crippen molar-refractivity contribution in [3.63, 3.8) is 0 Å². The molecule has 0 saturated carbocycles. The normalized spacial score (nSPS) is 34.1. The van der Waals surface area contributed by atoms with E-state index in [0.29, 0.717) is 0 Å². The number of allylic oxidation sites excluding steroid dienone is 1. The van der Waals surface area contributed by atoms with Gasteiger partial charge in [-0.25, -0.2) is 4.79 Å². The highest BCUT2D eigenvalue weighted by Crippen LogP contribution is 2.35. The lowest BCUT2D eigenvalue weighted by Gasteiger charge is -2.30. The summed E-state index contributed by atoms with van der Waals surface area (Å²) in [5.74, 6) is -0.517. The average molecular weight is 224 g/mol. The van der Waals surface area contributed by atoms with Gasteiger partial charge >= 0.3 is 5.97 Å². The fourth-order valence-electron chi connectivity index (χ4n) is 1.74. The van der Waals surface area contributed by atoms with Gasteiger partial charge in [0.2, 0.25) is 0 Å². The van der Waals surface area contributed by atoms with Crippen molar-refractivity contribution in [2.24, 2.45) is 0 Å². The molecule has 5 nitrogen and oxygen atoms in total. The summed E-state index contributed by atoms with van der Waals surface area (Å²) in [5, 5.41) is 19.5. The number of esters is 1. The average Bonchev–Trinajstić information content (AvgIpc) is 2.50. The zero-order valence-electron chi connectivity index (χ0n) is 8.71. The Bertz CT molecular complexity index is 407. The molecule has 0 aromatic carbocycles. The smallest absolute Gasteiger partial charge is 0.346 e. The number of hydrogen-bond donors (Lipinski definition) is 2. The molecule has 2 heterocycles. The Balaban J connectivity index is 2.40. The molecule has 2 N–H and O–H groups in total. The lowest BCUT2D eigenvalue weighted by Crippen LogP contribution is -2.43. The van der Waals surface area contributed by atoms with Gasteiger partial charge in [0.15, 0.2) is 11.5 Å². The molecule has 0 spiro atoms. The topological polar surface area (TPSA) is 76.0 Å². The Hall–Kier alpha value is -1.59. The maximum Gasteiger partial charge on any atom is 0.346 e. The molecule has 3 atom stereocenters. The molecule has 86 valence electrons. The lowest BCUT2D eigenvalue weighted by molar-refractivity contribution is -0.135. The van der Waals surface area contributed by atoms with Crippen molar-refractivity contribution in [3.05, 3.63) is 35.8 Å². The standard InChI is InChI=1S/C11H12O5/c1-3-4-6-8(12)9(13)7-10(16-6)5(2)15-11(7)14/h3-4,6,8-9,12-13H,2H2,1H3/b4-3+/t6-,8+,9-/m1/s1. The van der Waals surface area contributed by atoms with E-state index >= 15 is 0 Å². The van der Waals surface area contributed by atoms with Gasteiger partial charge in [0.25, 0.3) is 0 Å². The highest BCUT2D eigenvalue weighted by Gasteiger charge is 2.45. The van der Waals surface area contributed by atoms with Gasteiger partial charge in [-0.15, -0.1) is 0 Å². The molecule has 5 heteroatoms. The Morgan fingerprint density at radius 1 is 1.44 bits per heavy atom. The second-order valence-corrected chi connectivity index (χ2v) is 3.60. The van der Waals surface area contributed by atoms with Crippen molar-refractivity contribution < 1.29 is 24.5 Å². The molecule has 0 amide bonds. The van der Waals surface area contributed by atoms with Crippen LogP contribution in [-0.4, -0.2) is 34.5 Å². The predicted octanol–water partition coefficient (Wildman–Crippen LogP) is 0.00770. The molecule has 2 aliphatic rings. The molecule has 16 heavy (non-hydrogen) atoms. The minimum absolute atomic E-state index is 0.0572. The van der Waals surface area contributed by atoms with Gasteiger partial charge in [-0.05, 0) is 13.0 Å². The van der Waals surface area contributed by atoms with Crippen LogP contribution in [0.15, 0.2) is 35.8 Å². The zero-order valence-corrected chi connectivity index (χ0v) is 8.71. The molecule has 0 aromatic rings. The summed E-state index contributed by atoms with van der Waals surface area (Å²) in [6.07, 6.45) is 0.0791. The van der Waals surface area contributed by atoms with Crippen LogP contribution in [-0.2, 0) is 14.3 Å². The highest BCUT2D eigenvalue weighted by atomic mass is 16.6. The number of aliphatic hydroxyl groups excluding tert-OH is 2. The van der Waals surface area contributed by atoms with E-state index in [1.165, 1.54) is 0 Å². The first-order valence-electron chi connectivity index (χ1n) is 4.87. The van der Waals surface area contributed by atoms with E-state index in [9.17, 15) is 15.0 Å². The summed E-state index contributed by atoms with van der Waals surface area (Å²) in [6, 6.07) is 0. The third kappa shape index (κ3) is 1.45. The van der Waals surface area contributed by atoms with Crippen molar-refractivity contribution in [1.29, 1.82) is 0 Å². The molecule has 0 aromatic heterocycles. The van der Waals surface area contributed by atoms with Gasteiger partial charge in [0, 0.05) is 0 Å². The van der Waals surface area contributed by atoms with E-state index in [0.717, 1.165) is 0 Å². The van der Waals surface area contributed by atoms with Crippen LogP contribution in [0.2, 0.25) is 0 Å². The number of ether oxygens (including phenoxy) is 2. The van der Waals surface area contributed by atoms with E-state index in [1.54, 1.807) is 19.1 Å². The van der Waals surface area contributed by atoms with Crippen LogP contribution >= 0.6 is 0 Å². The first kappa shape index (κ1) is 10.9. The fourth-order valence-corrected chi connectivity index (χ4v) is 1.74. The summed E-state index contributed by atoms with van der Waals surface area (Å²) in [4.78, 5) is 11.3. The van der Waals surface area contributed by atoms with E-state index in [1.807, 2.05) is 0 Å². The van der Waals surface area contributed by atoms with E-state index < -0.39 is 24.3 Å². The largest absolute Gasteiger partial charge is 0.479 e. The molecule has 0 radical (unpaired) electrons. The van der Waals surface area contributed by atoms with Gasteiger partial charge in [-0.1, -0.05) is 12.7 Å². The van der Waals surface area contributed by atoms with Gasteiger partial charge in [0.05, 0.1) is 0 Å². The van der Waals surface area contributed by atoms with Crippen molar-refractivity contribution in [1.82, 2.24) is 0 Å². The van der Waals surface area contributed by atoms with Crippen LogP contribution in [0.4, 0.5) is 0 Å². The van der Waals surface area contributed by atoms with Crippen LogP contribution < -0.4 is 0 Å². The van der Waals surface area contributed by atoms with Crippen molar-refractivity contribution in [2.45, 2.75) is 25.2 Å². The molecule has 2 aliphatic heterocycles. The number of aliphatic hydroxyl groups is 2. The minimum Gasteiger partial charge on any atom is -0.479 e. The number of cyclic esters (lactones) is 1. The quantitative estimate of drug-likeness (QED) is 0.484. The van der Waals surface area contributed by atoms with Crippen LogP contribution in [0.1, 0.15) is 6.92 Å². The molecule has 0 saturated heterocycles. The Labute approximate surface area is 92.3 Å². The van der Waals surface area contributed by atoms with Crippen LogP contribution in [0, 0.1) is 0 Å². The van der Waals surface area contributed by atoms with Crippen molar-refractivity contribution in [2.75, 3.05) is 0 Å². The number of carbonyl (C=O) groups excluding carboxylic acids is 1. The number of rotatable bonds is 1. The van der Waals surface area contributed by atoms with E-state index in [-0.39, 0.29) is 17.1 Å². The molecular formula is C11H12O5. The van der Waals surface area contributed by atoms with E-state index in [2.05, 4.69) is 6.58 Å². The lowest BCUT2D eigenvalue weighted by atomic mass is 9.96. The number of carbonyl (C=O) groups is 1. The highest BCUT2D eigenvalue weighted by molar-refractivity contribution is 5.95. The third-order valence-electron chi connectivity index (χ3n) is 2.53. The first-order chi connectivity index (χ1) is 7.56. The molecule has 2 rings (SSSR count). The first-order valence-corrected chi connectivity index (χ1v) is 4.87. The van der Waals surface area contributed by atoms with Gasteiger partial charge in [-0.3, -0.25) is 0 Å². The Kier molecular flexibility index (Phi) is 2.57. The molecule has 0 unspecified atom stereocenters. The van der Waals surface area contributed by atoms with Gasteiger partial charge in [0.1, 0.15) is 23.9 Å². The van der Waals surface area contributed by atoms with Gasteiger partial charge in [-0.2, -0.15) is 0 Å². The second kappa shape index (κ2) is 3.77.